The van der Waals surface area contributed by atoms with Gasteiger partial charge in [-0.2, -0.15) is 0 Å². The smallest absolute Gasteiger partial charge is 0.412 e. The van der Waals surface area contributed by atoms with E-state index in [1.165, 1.54) is 12.0 Å². The van der Waals surface area contributed by atoms with Gasteiger partial charge in [0.1, 0.15) is 5.60 Å². The Hall–Kier alpha value is -2.30. The molecule has 0 saturated carbocycles. The van der Waals surface area contributed by atoms with Crippen molar-refractivity contribution in [2.24, 2.45) is 0 Å². The number of methoxy groups -OCH3 is 1. The van der Waals surface area contributed by atoms with Crippen molar-refractivity contribution in [2.45, 2.75) is 38.5 Å². The molecule has 1 aromatic rings. The van der Waals surface area contributed by atoms with Crippen LogP contribution < -0.4 is 0 Å². The predicted octanol–water partition coefficient (Wildman–Crippen LogP) is 3.08. The third kappa shape index (κ3) is 3.47. The highest BCUT2D eigenvalue weighted by Gasteiger charge is 2.40. The average Bonchev–Trinajstić information content (AvgIpc) is 2.90. The highest BCUT2D eigenvalue weighted by molar-refractivity contribution is 5.85. The number of esters is 1. The van der Waals surface area contributed by atoms with E-state index in [1.807, 2.05) is 36.4 Å². The molecule has 1 heterocycles. The standard InChI is InChI=1S/C17H21NO4/c1-17(2,3)22-16(20)18-13(12-8-6-5-7-9-12)10-11-14(18)15(19)21-4/h5-11,13-14H,1-4H3/t13-,14-/m0/s1. The van der Waals surface area contributed by atoms with Gasteiger partial charge in [-0.05, 0) is 26.3 Å². The van der Waals surface area contributed by atoms with Gasteiger partial charge in [0.2, 0.25) is 0 Å². The van der Waals surface area contributed by atoms with Crippen molar-refractivity contribution in [3.63, 3.8) is 0 Å². The first kappa shape index (κ1) is 16.1. The Morgan fingerprint density at radius 3 is 2.27 bits per heavy atom. The predicted molar refractivity (Wildman–Crippen MR) is 82.2 cm³/mol. The zero-order chi connectivity index (χ0) is 16.3. The number of carbonyl (C=O) groups is 2. The molecule has 118 valence electrons. The Balaban J connectivity index is 2.32. The van der Waals surface area contributed by atoms with Crippen LogP contribution in [-0.2, 0) is 14.3 Å². The number of carbonyl (C=O) groups excluding carboxylic acids is 2. The van der Waals surface area contributed by atoms with Gasteiger partial charge < -0.3 is 9.47 Å². The van der Waals surface area contributed by atoms with Crippen LogP contribution in [0.2, 0.25) is 0 Å². The van der Waals surface area contributed by atoms with Gasteiger partial charge in [0.15, 0.2) is 6.04 Å². The summed E-state index contributed by atoms with van der Waals surface area (Å²) in [5.74, 6) is -0.486. The average molecular weight is 303 g/mol. The second-order valence-electron chi connectivity index (χ2n) is 6.10. The van der Waals surface area contributed by atoms with Crippen molar-refractivity contribution in [3.8, 4) is 0 Å². The molecule has 1 amide bonds. The normalized spacial score (nSPS) is 20.8. The van der Waals surface area contributed by atoms with E-state index in [1.54, 1.807) is 26.8 Å². The maximum absolute atomic E-state index is 12.5. The summed E-state index contributed by atoms with van der Waals surface area (Å²) in [7, 11) is 1.30. The van der Waals surface area contributed by atoms with Crippen LogP contribution in [0, 0.1) is 0 Å². The molecule has 1 aliphatic heterocycles. The molecular formula is C17H21NO4. The summed E-state index contributed by atoms with van der Waals surface area (Å²) in [5.41, 5.74) is 0.276. The number of rotatable bonds is 2. The fourth-order valence-electron chi connectivity index (χ4n) is 2.35. The number of ether oxygens (including phenoxy) is 2. The van der Waals surface area contributed by atoms with Crippen LogP contribution in [0.3, 0.4) is 0 Å². The Bertz CT molecular complexity index is 574. The van der Waals surface area contributed by atoms with Gasteiger partial charge in [0, 0.05) is 0 Å². The summed E-state index contributed by atoms with van der Waals surface area (Å²) in [6, 6.07) is 8.38. The summed E-state index contributed by atoms with van der Waals surface area (Å²) >= 11 is 0. The Morgan fingerprint density at radius 1 is 1.09 bits per heavy atom. The number of benzene rings is 1. The maximum atomic E-state index is 12.5. The van der Waals surface area contributed by atoms with Gasteiger partial charge in [0.25, 0.3) is 0 Å². The number of hydrogen-bond donors (Lipinski definition) is 0. The molecule has 0 aromatic heterocycles. The van der Waals surface area contributed by atoms with Crippen molar-refractivity contribution >= 4 is 12.1 Å². The SMILES string of the molecule is COC(=O)[C@@H]1C=C[C@@H](c2ccccc2)N1C(=O)OC(C)(C)C. The van der Waals surface area contributed by atoms with Crippen molar-refractivity contribution in [2.75, 3.05) is 7.11 Å². The fourth-order valence-corrected chi connectivity index (χ4v) is 2.35. The Labute approximate surface area is 130 Å². The lowest BCUT2D eigenvalue weighted by Gasteiger charge is -2.31. The van der Waals surface area contributed by atoms with E-state index in [0.717, 1.165) is 5.56 Å². The van der Waals surface area contributed by atoms with Gasteiger partial charge in [-0.1, -0.05) is 42.5 Å². The third-order valence-corrected chi connectivity index (χ3v) is 3.26. The zero-order valence-corrected chi connectivity index (χ0v) is 13.3. The molecule has 0 saturated heterocycles. The molecule has 0 radical (unpaired) electrons. The Morgan fingerprint density at radius 2 is 1.73 bits per heavy atom. The van der Waals surface area contributed by atoms with Gasteiger partial charge >= 0.3 is 12.1 Å². The highest BCUT2D eigenvalue weighted by atomic mass is 16.6. The first-order valence-electron chi connectivity index (χ1n) is 7.16. The van der Waals surface area contributed by atoms with Crippen LogP contribution in [-0.4, -0.2) is 35.7 Å². The van der Waals surface area contributed by atoms with Crippen molar-refractivity contribution in [1.82, 2.24) is 4.90 Å². The van der Waals surface area contributed by atoms with E-state index in [0.29, 0.717) is 0 Å². The van der Waals surface area contributed by atoms with Crippen molar-refractivity contribution in [3.05, 3.63) is 48.0 Å². The molecule has 0 N–H and O–H groups in total. The van der Waals surface area contributed by atoms with Gasteiger partial charge in [0.05, 0.1) is 13.2 Å². The first-order chi connectivity index (χ1) is 10.3. The van der Waals surface area contributed by atoms with Crippen LogP contribution in [0.15, 0.2) is 42.5 Å². The van der Waals surface area contributed by atoms with Crippen molar-refractivity contribution < 1.29 is 19.1 Å². The third-order valence-electron chi connectivity index (χ3n) is 3.26. The number of amides is 1. The highest BCUT2D eigenvalue weighted by Crippen LogP contribution is 2.32. The maximum Gasteiger partial charge on any atom is 0.412 e. The lowest BCUT2D eigenvalue weighted by Crippen LogP contribution is -2.45. The minimum absolute atomic E-state index is 0.347. The fraction of sp³-hybridized carbons (Fsp3) is 0.412. The summed E-state index contributed by atoms with van der Waals surface area (Å²) in [5, 5.41) is 0. The molecule has 0 spiro atoms. The minimum Gasteiger partial charge on any atom is -0.467 e. The van der Waals surface area contributed by atoms with Crippen LogP contribution in [0.5, 0.6) is 0 Å². The van der Waals surface area contributed by atoms with Crippen molar-refractivity contribution in [1.29, 1.82) is 0 Å². The molecular weight excluding hydrogens is 282 g/mol. The first-order valence-corrected chi connectivity index (χ1v) is 7.16. The second kappa shape index (κ2) is 6.22. The number of nitrogens with zero attached hydrogens (tertiary/aromatic N) is 1. The van der Waals surface area contributed by atoms with E-state index in [9.17, 15) is 9.59 Å². The number of hydrogen-bond acceptors (Lipinski definition) is 4. The Kier molecular flexibility index (Phi) is 4.54. The topological polar surface area (TPSA) is 55.8 Å². The molecule has 0 fully saturated rings. The van der Waals surface area contributed by atoms with Gasteiger partial charge in [-0.3, -0.25) is 4.90 Å². The summed E-state index contributed by atoms with van der Waals surface area (Å²) in [6.45, 7) is 5.37. The molecule has 22 heavy (non-hydrogen) atoms. The van der Waals surface area contributed by atoms with Crippen LogP contribution in [0.25, 0.3) is 0 Å². The quantitative estimate of drug-likeness (QED) is 0.622. The van der Waals surface area contributed by atoms with E-state index < -0.39 is 23.7 Å². The van der Waals surface area contributed by atoms with Gasteiger partial charge in [-0.15, -0.1) is 0 Å². The molecule has 0 aliphatic carbocycles. The summed E-state index contributed by atoms with van der Waals surface area (Å²) < 4.78 is 10.2. The molecule has 2 atom stereocenters. The van der Waals surface area contributed by atoms with Crippen LogP contribution in [0.1, 0.15) is 32.4 Å². The van der Waals surface area contributed by atoms with E-state index >= 15 is 0 Å². The zero-order valence-electron chi connectivity index (χ0n) is 13.3. The van der Waals surface area contributed by atoms with Crippen LogP contribution >= 0.6 is 0 Å². The molecule has 1 aliphatic rings. The van der Waals surface area contributed by atoms with Gasteiger partial charge in [-0.25, -0.2) is 9.59 Å². The van der Waals surface area contributed by atoms with E-state index in [4.69, 9.17) is 9.47 Å². The molecule has 5 heteroatoms. The summed E-state index contributed by atoms with van der Waals surface area (Å²) in [6.07, 6.45) is 2.95. The molecule has 0 bridgehead atoms. The molecule has 2 rings (SSSR count). The largest absolute Gasteiger partial charge is 0.467 e. The lowest BCUT2D eigenvalue weighted by molar-refractivity contribution is -0.145. The molecule has 0 unspecified atom stereocenters. The van der Waals surface area contributed by atoms with E-state index in [-0.39, 0.29) is 6.04 Å². The monoisotopic (exact) mass is 303 g/mol. The van der Waals surface area contributed by atoms with E-state index in [2.05, 4.69) is 0 Å². The second-order valence-corrected chi connectivity index (χ2v) is 6.10. The minimum atomic E-state index is -0.773. The van der Waals surface area contributed by atoms with Crippen LogP contribution in [0.4, 0.5) is 4.79 Å². The lowest BCUT2D eigenvalue weighted by atomic mass is 10.1. The molecule has 1 aromatic carbocycles. The molecule has 5 nitrogen and oxygen atoms in total. The summed E-state index contributed by atoms with van der Waals surface area (Å²) in [4.78, 5) is 25.9.